The number of rotatable bonds is 4. The summed E-state index contributed by atoms with van der Waals surface area (Å²) >= 11 is 0. The van der Waals surface area contributed by atoms with Crippen LogP contribution in [0.4, 0.5) is 14.5 Å². The number of ether oxygens (including phenoxy) is 1. The van der Waals surface area contributed by atoms with E-state index in [9.17, 15) is 18.9 Å². The molecule has 1 heterocycles. The van der Waals surface area contributed by atoms with Crippen LogP contribution in [0.2, 0.25) is 0 Å². The minimum Gasteiger partial charge on any atom is -0.476 e. The summed E-state index contributed by atoms with van der Waals surface area (Å²) in [5.74, 6) is -0.494. The molecule has 0 saturated carbocycles. The second kappa shape index (κ2) is 5.16. The zero-order chi connectivity index (χ0) is 13.0. The van der Waals surface area contributed by atoms with E-state index in [1.165, 1.54) is 0 Å². The van der Waals surface area contributed by atoms with Gasteiger partial charge in [-0.25, -0.2) is 13.8 Å². The minimum absolute atomic E-state index is 0.171. The predicted molar refractivity (Wildman–Crippen MR) is 51.7 cm³/mol. The highest BCUT2D eigenvalue weighted by atomic mass is 19.3. The summed E-state index contributed by atoms with van der Waals surface area (Å²) in [6.07, 6.45) is -2.47. The molecule has 0 saturated heterocycles. The Balaban J connectivity index is 3.54. The van der Waals surface area contributed by atoms with Gasteiger partial charge in [-0.3, -0.25) is 10.1 Å². The fourth-order valence-electron chi connectivity index (χ4n) is 1.33. The molecule has 0 amide bonds. The number of hydrogen-bond donors (Lipinski definition) is 0. The van der Waals surface area contributed by atoms with Crippen molar-refractivity contribution in [2.75, 3.05) is 7.11 Å². The van der Waals surface area contributed by atoms with E-state index in [0.29, 0.717) is 0 Å². The van der Waals surface area contributed by atoms with Crippen molar-refractivity contribution in [2.45, 2.75) is 12.8 Å². The molecule has 0 unspecified atom stereocenters. The number of pyridine rings is 1. The van der Waals surface area contributed by atoms with Crippen molar-refractivity contribution in [3.05, 3.63) is 27.4 Å². The van der Waals surface area contributed by atoms with Gasteiger partial charge in [0, 0.05) is 11.8 Å². The number of nitrogens with zero attached hydrogens (tertiary/aromatic N) is 3. The van der Waals surface area contributed by atoms with Crippen molar-refractivity contribution < 1.29 is 18.4 Å². The standard InChI is InChI=1S/C9H7F2N3O3/c1-17-9-7(14(15)16)6(8(10)11)5(2-3-12)4-13-9/h4,8H,2H2,1H3. The summed E-state index contributed by atoms with van der Waals surface area (Å²) in [7, 11) is 1.09. The minimum atomic E-state index is -3.07. The lowest BCUT2D eigenvalue weighted by atomic mass is 10.1. The summed E-state index contributed by atoms with van der Waals surface area (Å²) in [6, 6.07) is 1.65. The van der Waals surface area contributed by atoms with Crippen molar-refractivity contribution in [1.29, 1.82) is 5.26 Å². The maximum absolute atomic E-state index is 12.8. The molecule has 1 aromatic heterocycles. The van der Waals surface area contributed by atoms with Crippen LogP contribution in [0.15, 0.2) is 6.20 Å². The van der Waals surface area contributed by atoms with Crippen LogP contribution in [-0.2, 0) is 6.42 Å². The molecule has 0 aliphatic carbocycles. The van der Waals surface area contributed by atoms with Crippen LogP contribution in [-0.4, -0.2) is 17.0 Å². The van der Waals surface area contributed by atoms with Gasteiger partial charge in [0.1, 0.15) is 5.56 Å². The van der Waals surface area contributed by atoms with E-state index in [-0.39, 0.29) is 12.0 Å². The third-order valence-corrected chi connectivity index (χ3v) is 2.00. The molecular formula is C9H7F2N3O3. The van der Waals surface area contributed by atoms with Gasteiger partial charge in [-0.2, -0.15) is 5.26 Å². The zero-order valence-corrected chi connectivity index (χ0v) is 8.68. The van der Waals surface area contributed by atoms with Crippen LogP contribution in [0, 0.1) is 21.4 Å². The average molecular weight is 243 g/mol. The maximum Gasteiger partial charge on any atom is 0.340 e. The first-order valence-electron chi connectivity index (χ1n) is 4.38. The first-order valence-corrected chi connectivity index (χ1v) is 4.38. The molecule has 0 spiro atoms. The number of nitriles is 1. The first kappa shape index (κ1) is 12.8. The van der Waals surface area contributed by atoms with E-state index in [1.54, 1.807) is 6.07 Å². The highest BCUT2D eigenvalue weighted by molar-refractivity contribution is 5.53. The van der Waals surface area contributed by atoms with Crippen molar-refractivity contribution in [3.63, 3.8) is 0 Å². The molecule has 1 rings (SSSR count). The molecule has 17 heavy (non-hydrogen) atoms. The molecule has 6 nitrogen and oxygen atoms in total. The lowest BCUT2D eigenvalue weighted by molar-refractivity contribution is -0.387. The lowest BCUT2D eigenvalue weighted by Crippen LogP contribution is -2.05. The predicted octanol–water partition coefficient (Wildman–Crippen LogP) is 2.00. The van der Waals surface area contributed by atoms with Crippen molar-refractivity contribution in [2.24, 2.45) is 0 Å². The Labute approximate surface area is 94.6 Å². The molecule has 0 radical (unpaired) electrons. The average Bonchev–Trinajstić information content (AvgIpc) is 2.28. The van der Waals surface area contributed by atoms with Gasteiger partial charge in [0.2, 0.25) is 0 Å². The van der Waals surface area contributed by atoms with E-state index < -0.39 is 28.5 Å². The Bertz CT molecular complexity index is 485. The number of hydrogen-bond acceptors (Lipinski definition) is 5. The second-order valence-electron chi connectivity index (χ2n) is 2.95. The molecule has 0 aliphatic rings. The van der Waals surface area contributed by atoms with Gasteiger partial charge < -0.3 is 4.74 Å². The molecule has 90 valence electrons. The molecule has 0 aromatic carbocycles. The van der Waals surface area contributed by atoms with Gasteiger partial charge >= 0.3 is 5.69 Å². The third kappa shape index (κ3) is 2.44. The van der Waals surface area contributed by atoms with Crippen molar-refractivity contribution in [3.8, 4) is 11.9 Å². The van der Waals surface area contributed by atoms with Gasteiger partial charge in [-0.1, -0.05) is 0 Å². The summed E-state index contributed by atoms with van der Waals surface area (Å²) in [4.78, 5) is 13.3. The fourth-order valence-corrected chi connectivity index (χ4v) is 1.33. The topological polar surface area (TPSA) is 89.0 Å². The van der Waals surface area contributed by atoms with Crippen molar-refractivity contribution >= 4 is 5.69 Å². The number of alkyl halides is 2. The normalized spacial score (nSPS) is 10.1. The van der Waals surface area contributed by atoms with E-state index in [0.717, 1.165) is 13.3 Å². The molecule has 1 aromatic rings. The highest BCUT2D eigenvalue weighted by Crippen LogP contribution is 2.37. The van der Waals surface area contributed by atoms with E-state index in [1.807, 2.05) is 0 Å². The van der Waals surface area contributed by atoms with Gasteiger partial charge in [0.15, 0.2) is 0 Å². The summed E-state index contributed by atoms with van der Waals surface area (Å²) in [5, 5.41) is 19.2. The van der Waals surface area contributed by atoms with E-state index in [2.05, 4.69) is 9.72 Å². The SMILES string of the molecule is COc1ncc(CC#N)c(C(F)F)c1[N+](=O)[O-]. The Morgan fingerprint density at radius 1 is 1.71 bits per heavy atom. The number of aromatic nitrogens is 1. The van der Waals surface area contributed by atoms with Crippen LogP contribution in [0.1, 0.15) is 17.6 Å². The number of halogens is 2. The molecule has 0 N–H and O–H groups in total. The Hall–Kier alpha value is -2.30. The van der Waals surface area contributed by atoms with Crippen molar-refractivity contribution in [1.82, 2.24) is 4.98 Å². The lowest BCUT2D eigenvalue weighted by Gasteiger charge is -2.08. The molecule has 0 aliphatic heterocycles. The summed E-state index contributed by atoms with van der Waals surface area (Å²) < 4.78 is 30.1. The van der Waals surface area contributed by atoms with Crippen LogP contribution >= 0.6 is 0 Å². The molecule has 8 heteroatoms. The monoisotopic (exact) mass is 243 g/mol. The van der Waals surface area contributed by atoms with Gasteiger partial charge in [-0.15, -0.1) is 0 Å². The first-order chi connectivity index (χ1) is 8.02. The van der Waals surface area contributed by atoms with Crippen LogP contribution in [0.25, 0.3) is 0 Å². The van der Waals surface area contributed by atoms with E-state index >= 15 is 0 Å². The Morgan fingerprint density at radius 2 is 2.35 bits per heavy atom. The van der Waals surface area contributed by atoms with Gasteiger partial charge in [-0.05, 0) is 0 Å². The van der Waals surface area contributed by atoms with Gasteiger partial charge in [0.25, 0.3) is 12.3 Å². The van der Waals surface area contributed by atoms with Crippen LogP contribution in [0.5, 0.6) is 5.88 Å². The molecule has 0 bridgehead atoms. The van der Waals surface area contributed by atoms with Crippen LogP contribution < -0.4 is 4.74 Å². The molecule has 0 atom stereocenters. The maximum atomic E-state index is 12.8. The highest BCUT2D eigenvalue weighted by Gasteiger charge is 2.31. The second-order valence-corrected chi connectivity index (χ2v) is 2.95. The smallest absolute Gasteiger partial charge is 0.340 e. The largest absolute Gasteiger partial charge is 0.476 e. The summed E-state index contributed by atoms with van der Waals surface area (Å²) in [6.45, 7) is 0. The third-order valence-electron chi connectivity index (χ3n) is 2.00. The number of nitro groups is 1. The van der Waals surface area contributed by atoms with Gasteiger partial charge in [0.05, 0.1) is 24.5 Å². The fraction of sp³-hybridized carbons (Fsp3) is 0.333. The number of methoxy groups -OCH3 is 1. The summed E-state index contributed by atoms with van der Waals surface area (Å²) in [5.41, 5.74) is -1.88. The molecular weight excluding hydrogens is 236 g/mol. The Morgan fingerprint density at radius 3 is 2.76 bits per heavy atom. The quantitative estimate of drug-likeness (QED) is 0.596. The van der Waals surface area contributed by atoms with E-state index in [4.69, 9.17) is 5.26 Å². The molecule has 0 fully saturated rings. The van der Waals surface area contributed by atoms with Crippen LogP contribution in [0.3, 0.4) is 0 Å². The zero-order valence-electron chi connectivity index (χ0n) is 8.68. The Kier molecular flexibility index (Phi) is 3.87.